The molecule has 1 heterocycles. The molecule has 0 aliphatic rings. The first-order chi connectivity index (χ1) is 13.3. The van der Waals surface area contributed by atoms with E-state index in [0.29, 0.717) is 6.54 Å². The maximum atomic E-state index is 11.9. The Hall–Kier alpha value is -2.62. The van der Waals surface area contributed by atoms with E-state index in [4.69, 9.17) is 4.98 Å². The van der Waals surface area contributed by atoms with Gasteiger partial charge in [-0.25, -0.2) is 4.98 Å². The van der Waals surface area contributed by atoms with Crippen molar-refractivity contribution in [3.63, 3.8) is 0 Å². The molecule has 3 rings (SSSR count). The average Bonchev–Trinajstić information content (AvgIpc) is 3.00. The smallest absolute Gasteiger partial charge is 0.222 e. The molecule has 0 atom stereocenters. The zero-order valence-electron chi connectivity index (χ0n) is 17.9. The third-order valence-corrected chi connectivity index (χ3v) is 5.74. The van der Waals surface area contributed by atoms with Crippen molar-refractivity contribution in [2.45, 2.75) is 54.5 Å². The predicted molar refractivity (Wildman–Crippen MR) is 116 cm³/mol. The monoisotopic (exact) mass is 377 g/mol. The summed E-state index contributed by atoms with van der Waals surface area (Å²) in [5, 5.41) is 3.01. The number of amides is 1. The fourth-order valence-corrected chi connectivity index (χ4v) is 3.69. The summed E-state index contributed by atoms with van der Waals surface area (Å²) >= 11 is 0. The summed E-state index contributed by atoms with van der Waals surface area (Å²) in [6, 6.07) is 10.5. The minimum Gasteiger partial charge on any atom is -0.355 e. The molecule has 148 valence electrons. The van der Waals surface area contributed by atoms with Gasteiger partial charge in [-0.1, -0.05) is 32.0 Å². The molecule has 4 nitrogen and oxygen atoms in total. The van der Waals surface area contributed by atoms with Gasteiger partial charge in [0.15, 0.2) is 0 Å². The fraction of sp³-hybridized carbons (Fsp3) is 0.417. The van der Waals surface area contributed by atoms with E-state index < -0.39 is 0 Å². The summed E-state index contributed by atoms with van der Waals surface area (Å²) in [7, 11) is 0. The maximum Gasteiger partial charge on any atom is 0.222 e. The number of carbonyl (C=O) groups excluding carboxylic acids is 1. The normalized spacial score (nSPS) is 11.4. The molecule has 0 bridgehead atoms. The largest absolute Gasteiger partial charge is 0.355 e. The number of para-hydroxylation sites is 2. The maximum absolute atomic E-state index is 11.9. The summed E-state index contributed by atoms with van der Waals surface area (Å²) in [5.74, 6) is 1.10. The highest BCUT2D eigenvalue weighted by molar-refractivity contribution is 5.78. The van der Waals surface area contributed by atoms with Crippen LogP contribution in [0.25, 0.3) is 11.0 Å². The Labute approximate surface area is 168 Å². The van der Waals surface area contributed by atoms with Crippen molar-refractivity contribution in [1.29, 1.82) is 0 Å². The number of aromatic nitrogens is 2. The molecule has 4 heteroatoms. The molecule has 0 aliphatic carbocycles. The second kappa shape index (κ2) is 8.17. The van der Waals surface area contributed by atoms with Gasteiger partial charge in [-0.2, -0.15) is 0 Å². The fourth-order valence-electron chi connectivity index (χ4n) is 3.69. The Balaban J connectivity index is 1.97. The molecule has 1 N–H and O–H groups in total. The molecule has 28 heavy (non-hydrogen) atoms. The van der Waals surface area contributed by atoms with E-state index in [-0.39, 0.29) is 11.8 Å². The van der Waals surface area contributed by atoms with Gasteiger partial charge < -0.3 is 9.88 Å². The molecular weight excluding hydrogens is 346 g/mol. The van der Waals surface area contributed by atoms with Crippen molar-refractivity contribution < 1.29 is 4.79 Å². The molecule has 0 saturated heterocycles. The van der Waals surface area contributed by atoms with Crippen LogP contribution in [0.3, 0.4) is 0 Å². The Morgan fingerprint density at radius 1 is 1.07 bits per heavy atom. The van der Waals surface area contributed by atoms with E-state index >= 15 is 0 Å². The highest BCUT2D eigenvalue weighted by Crippen LogP contribution is 2.25. The highest BCUT2D eigenvalue weighted by atomic mass is 16.1. The van der Waals surface area contributed by atoms with Crippen molar-refractivity contribution in [3.8, 4) is 0 Å². The van der Waals surface area contributed by atoms with Crippen LogP contribution in [0.1, 0.15) is 47.5 Å². The standard InChI is InChI=1S/C24H31N3O/c1-15(2)24(28)25-12-11-23-26-21-9-7-8-10-22(21)27(23)14-20-18(5)16(3)13-17(4)19(20)6/h7-10,13,15H,11-12,14H2,1-6H3,(H,25,28). The Morgan fingerprint density at radius 2 is 1.71 bits per heavy atom. The number of nitrogens with one attached hydrogen (secondary N) is 1. The SMILES string of the molecule is Cc1cc(C)c(C)c(Cn2c(CCNC(=O)C(C)C)nc3ccccc32)c1C. The van der Waals surface area contributed by atoms with E-state index in [1.807, 2.05) is 19.9 Å². The number of aryl methyl sites for hydroxylation is 2. The molecular formula is C24H31N3O. The molecule has 0 fully saturated rings. The number of hydrogen-bond acceptors (Lipinski definition) is 2. The van der Waals surface area contributed by atoms with E-state index in [0.717, 1.165) is 29.8 Å². The van der Waals surface area contributed by atoms with Crippen molar-refractivity contribution in [3.05, 3.63) is 64.0 Å². The van der Waals surface area contributed by atoms with Gasteiger partial charge >= 0.3 is 0 Å². The number of fused-ring (bicyclic) bond motifs is 1. The lowest BCUT2D eigenvalue weighted by Crippen LogP contribution is -2.30. The lowest BCUT2D eigenvalue weighted by atomic mass is 9.94. The summed E-state index contributed by atoms with van der Waals surface area (Å²) in [5.41, 5.74) is 8.87. The number of hydrogen-bond donors (Lipinski definition) is 1. The summed E-state index contributed by atoms with van der Waals surface area (Å²) < 4.78 is 2.31. The quantitative estimate of drug-likeness (QED) is 0.681. The first-order valence-electron chi connectivity index (χ1n) is 10.1. The molecule has 0 unspecified atom stereocenters. The second-order valence-corrected chi connectivity index (χ2v) is 8.04. The van der Waals surface area contributed by atoms with Crippen molar-refractivity contribution in [2.24, 2.45) is 5.92 Å². The van der Waals surface area contributed by atoms with Crippen LogP contribution in [0.15, 0.2) is 30.3 Å². The minimum absolute atomic E-state index is 0.000569. The summed E-state index contributed by atoms with van der Waals surface area (Å²) in [4.78, 5) is 16.8. The van der Waals surface area contributed by atoms with Gasteiger partial charge in [0.2, 0.25) is 5.91 Å². The van der Waals surface area contributed by atoms with Crippen LogP contribution in [0.2, 0.25) is 0 Å². The molecule has 1 aromatic heterocycles. The van der Waals surface area contributed by atoms with E-state index in [1.165, 1.54) is 27.8 Å². The zero-order valence-corrected chi connectivity index (χ0v) is 17.9. The van der Waals surface area contributed by atoms with E-state index in [1.54, 1.807) is 0 Å². The Bertz CT molecular complexity index is 988. The summed E-state index contributed by atoms with van der Waals surface area (Å²) in [6.45, 7) is 14.0. The zero-order chi connectivity index (χ0) is 20.4. The molecule has 2 aromatic carbocycles. The van der Waals surface area contributed by atoms with Gasteiger partial charge in [0.1, 0.15) is 5.82 Å². The van der Waals surface area contributed by atoms with Crippen molar-refractivity contribution >= 4 is 16.9 Å². The third-order valence-electron chi connectivity index (χ3n) is 5.74. The Morgan fingerprint density at radius 3 is 2.36 bits per heavy atom. The van der Waals surface area contributed by atoms with Crippen LogP contribution in [-0.2, 0) is 17.8 Å². The molecule has 0 saturated carbocycles. The number of benzene rings is 2. The van der Waals surface area contributed by atoms with Crippen molar-refractivity contribution in [2.75, 3.05) is 6.54 Å². The molecule has 0 spiro atoms. The molecule has 3 aromatic rings. The lowest BCUT2D eigenvalue weighted by Gasteiger charge is -2.18. The number of imidazole rings is 1. The molecule has 0 aliphatic heterocycles. The van der Waals surface area contributed by atoms with Gasteiger partial charge in [0.25, 0.3) is 0 Å². The van der Waals surface area contributed by atoms with Gasteiger partial charge in [-0.15, -0.1) is 0 Å². The first kappa shape index (κ1) is 20.1. The third kappa shape index (κ3) is 3.96. The van der Waals surface area contributed by atoms with Crippen LogP contribution in [-0.4, -0.2) is 22.0 Å². The van der Waals surface area contributed by atoms with E-state index in [9.17, 15) is 4.79 Å². The topological polar surface area (TPSA) is 46.9 Å². The lowest BCUT2D eigenvalue weighted by molar-refractivity contribution is -0.123. The van der Waals surface area contributed by atoms with Gasteiger partial charge in [0, 0.05) is 25.4 Å². The summed E-state index contributed by atoms with van der Waals surface area (Å²) in [6.07, 6.45) is 0.718. The van der Waals surface area contributed by atoms with Crippen LogP contribution in [0.5, 0.6) is 0 Å². The number of carbonyl (C=O) groups is 1. The predicted octanol–water partition coefficient (Wildman–Crippen LogP) is 4.63. The number of nitrogens with zero attached hydrogens (tertiary/aromatic N) is 2. The first-order valence-corrected chi connectivity index (χ1v) is 10.1. The van der Waals surface area contributed by atoms with Crippen molar-refractivity contribution in [1.82, 2.24) is 14.9 Å². The minimum atomic E-state index is -0.000569. The van der Waals surface area contributed by atoms with Gasteiger partial charge in [0.05, 0.1) is 11.0 Å². The van der Waals surface area contributed by atoms with Crippen LogP contribution in [0, 0.1) is 33.6 Å². The van der Waals surface area contributed by atoms with Crippen LogP contribution >= 0.6 is 0 Å². The highest BCUT2D eigenvalue weighted by Gasteiger charge is 2.15. The molecule has 0 radical (unpaired) electrons. The van der Waals surface area contributed by atoms with Gasteiger partial charge in [-0.05, 0) is 67.6 Å². The second-order valence-electron chi connectivity index (χ2n) is 8.04. The van der Waals surface area contributed by atoms with Crippen LogP contribution in [0.4, 0.5) is 0 Å². The van der Waals surface area contributed by atoms with Gasteiger partial charge in [-0.3, -0.25) is 4.79 Å². The Kier molecular flexibility index (Phi) is 5.87. The van der Waals surface area contributed by atoms with E-state index in [2.05, 4.69) is 61.8 Å². The van der Waals surface area contributed by atoms with Crippen LogP contribution < -0.4 is 5.32 Å². The number of rotatable bonds is 6. The molecule has 1 amide bonds. The average molecular weight is 378 g/mol.